The van der Waals surface area contributed by atoms with Crippen LogP contribution in [-0.2, 0) is 10.0 Å². The minimum Gasteiger partial charge on any atom is -0.497 e. The predicted octanol–water partition coefficient (Wildman–Crippen LogP) is 3.52. The molecule has 1 aromatic carbocycles. The van der Waals surface area contributed by atoms with Gasteiger partial charge in [-0.2, -0.15) is 0 Å². The molecule has 2 aromatic rings. The number of aromatic nitrogens is 1. The molecule has 0 saturated carbocycles. The molecular formula is C18H25N3O4S2. The van der Waals surface area contributed by atoms with E-state index >= 15 is 0 Å². The Kier molecular flexibility index (Phi) is 7.20. The van der Waals surface area contributed by atoms with Crippen LogP contribution in [0.15, 0.2) is 29.2 Å². The zero-order chi connectivity index (χ0) is 20.0. The van der Waals surface area contributed by atoms with Crippen molar-refractivity contribution in [1.82, 2.24) is 9.88 Å². The van der Waals surface area contributed by atoms with E-state index in [-0.39, 0.29) is 15.9 Å². The molecule has 9 heteroatoms. The van der Waals surface area contributed by atoms with Gasteiger partial charge in [0.1, 0.15) is 10.6 Å². The van der Waals surface area contributed by atoms with E-state index in [0.717, 1.165) is 24.2 Å². The normalized spacial score (nSPS) is 11.3. The number of nitrogens with one attached hydrogen (secondary N) is 1. The van der Waals surface area contributed by atoms with Gasteiger partial charge in [0.15, 0.2) is 5.13 Å². The van der Waals surface area contributed by atoms with Gasteiger partial charge in [-0.25, -0.2) is 13.4 Å². The summed E-state index contributed by atoms with van der Waals surface area (Å²) in [5.74, 6) is 0.461. The highest BCUT2D eigenvalue weighted by Crippen LogP contribution is 2.27. The molecule has 0 spiro atoms. The molecule has 1 N–H and O–H groups in total. The van der Waals surface area contributed by atoms with Crippen molar-refractivity contribution in [3.8, 4) is 5.75 Å². The highest BCUT2D eigenvalue weighted by atomic mass is 32.2. The van der Waals surface area contributed by atoms with Crippen molar-refractivity contribution in [3.63, 3.8) is 0 Å². The highest BCUT2D eigenvalue weighted by molar-refractivity contribution is 7.93. The van der Waals surface area contributed by atoms with E-state index < -0.39 is 10.0 Å². The van der Waals surface area contributed by atoms with Crippen LogP contribution >= 0.6 is 11.3 Å². The summed E-state index contributed by atoms with van der Waals surface area (Å²) in [7, 11) is -2.28. The van der Waals surface area contributed by atoms with Gasteiger partial charge in [0.2, 0.25) is 0 Å². The standard InChI is InChI=1S/C18H25N3O4S2/c1-5-11-21(12-6-2)17(22)16-13(3)19-18(26-16)20-27(23,24)15-9-7-14(25-4)8-10-15/h7-10H,5-6,11-12H2,1-4H3,(H,19,20). The van der Waals surface area contributed by atoms with Gasteiger partial charge in [-0.1, -0.05) is 25.2 Å². The Hall–Kier alpha value is -2.13. The minimum absolute atomic E-state index is 0.0997. The second-order valence-corrected chi connectivity index (χ2v) is 8.69. The van der Waals surface area contributed by atoms with E-state index in [1.54, 1.807) is 24.0 Å². The fourth-order valence-electron chi connectivity index (χ4n) is 2.57. The second kappa shape index (κ2) is 9.18. The summed E-state index contributed by atoms with van der Waals surface area (Å²) in [4.78, 5) is 19.3. The van der Waals surface area contributed by atoms with Crippen molar-refractivity contribution in [3.05, 3.63) is 34.8 Å². The maximum absolute atomic E-state index is 12.8. The summed E-state index contributed by atoms with van der Waals surface area (Å²) >= 11 is 1.06. The van der Waals surface area contributed by atoms with Crippen LogP contribution in [-0.4, -0.2) is 44.4 Å². The van der Waals surface area contributed by atoms with Crippen molar-refractivity contribution >= 4 is 32.4 Å². The summed E-state index contributed by atoms with van der Waals surface area (Å²) in [6, 6.07) is 6.06. The number of nitrogens with zero attached hydrogens (tertiary/aromatic N) is 2. The third kappa shape index (κ3) is 5.20. The largest absolute Gasteiger partial charge is 0.497 e. The molecular weight excluding hydrogens is 386 g/mol. The number of ether oxygens (including phenoxy) is 1. The number of thiazole rings is 1. The van der Waals surface area contributed by atoms with Gasteiger partial charge in [-0.15, -0.1) is 0 Å². The number of rotatable bonds is 9. The van der Waals surface area contributed by atoms with E-state index in [4.69, 9.17) is 4.74 Å². The number of benzene rings is 1. The molecule has 0 aliphatic heterocycles. The number of hydrogen-bond donors (Lipinski definition) is 1. The molecule has 27 heavy (non-hydrogen) atoms. The van der Waals surface area contributed by atoms with Gasteiger partial charge in [-0.3, -0.25) is 9.52 Å². The Bertz CT molecular complexity index is 871. The van der Waals surface area contributed by atoms with E-state index in [1.807, 2.05) is 13.8 Å². The van der Waals surface area contributed by atoms with Crippen molar-refractivity contribution < 1.29 is 17.9 Å². The Morgan fingerprint density at radius 2 is 1.78 bits per heavy atom. The van der Waals surface area contributed by atoms with E-state index in [9.17, 15) is 13.2 Å². The monoisotopic (exact) mass is 411 g/mol. The molecule has 0 radical (unpaired) electrons. The SMILES string of the molecule is CCCN(CCC)C(=O)c1sc(NS(=O)(=O)c2ccc(OC)cc2)nc1C. The zero-order valence-electron chi connectivity index (χ0n) is 16.0. The lowest BCUT2D eigenvalue weighted by molar-refractivity contribution is 0.0759. The van der Waals surface area contributed by atoms with Crippen molar-refractivity contribution in [2.45, 2.75) is 38.5 Å². The van der Waals surface area contributed by atoms with Gasteiger partial charge < -0.3 is 9.64 Å². The lowest BCUT2D eigenvalue weighted by Crippen LogP contribution is -2.32. The van der Waals surface area contributed by atoms with Gasteiger partial charge in [0.25, 0.3) is 15.9 Å². The number of sulfonamides is 1. The highest BCUT2D eigenvalue weighted by Gasteiger charge is 2.23. The van der Waals surface area contributed by atoms with Crippen LogP contribution in [0.4, 0.5) is 5.13 Å². The molecule has 1 amide bonds. The molecule has 148 valence electrons. The van der Waals surface area contributed by atoms with Gasteiger partial charge in [-0.05, 0) is 44.0 Å². The average Bonchev–Trinajstić information content (AvgIpc) is 3.00. The molecule has 7 nitrogen and oxygen atoms in total. The van der Waals surface area contributed by atoms with E-state index in [2.05, 4.69) is 9.71 Å². The number of anilines is 1. The van der Waals surface area contributed by atoms with Crippen LogP contribution in [0.5, 0.6) is 5.75 Å². The van der Waals surface area contributed by atoms with Crippen LogP contribution in [0.1, 0.15) is 42.1 Å². The van der Waals surface area contributed by atoms with Gasteiger partial charge in [0.05, 0.1) is 17.7 Å². The van der Waals surface area contributed by atoms with Crippen molar-refractivity contribution in [1.29, 1.82) is 0 Å². The molecule has 1 aromatic heterocycles. The number of carbonyl (C=O) groups is 1. The van der Waals surface area contributed by atoms with E-state index in [0.29, 0.717) is 29.4 Å². The third-order valence-corrected chi connectivity index (χ3v) is 6.40. The first kappa shape index (κ1) is 21.2. The summed E-state index contributed by atoms with van der Waals surface area (Å²) in [5, 5.41) is 0.180. The first-order valence-corrected chi connectivity index (χ1v) is 11.1. The molecule has 0 fully saturated rings. The molecule has 0 unspecified atom stereocenters. The predicted molar refractivity (Wildman–Crippen MR) is 107 cm³/mol. The van der Waals surface area contributed by atoms with Crippen LogP contribution in [0, 0.1) is 6.92 Å². The smallest absolute Gasteiger partial charge is 0.265 e. The first-order chi connectivity index (χ1) is 12.8. The topological polar surface area (TPSA) is 88.6 Å². The van der Waals surface area contributed by atoms with Crippen molar-refractivity contribution in [2.24, 2.45) is 0 Å². The number of hydrogen-bond acceptors (Lipinski definition) is 6. The molecule has 0 bridgehead atoms. The van der Waals surface area contributed by atoms with Crippen molar-refractivity contribution in [2.75, 3.05) is 24.9 Å². The van der Waals surface area contributed by atoms with Gasteiger partial charge in [0, 0.05) is 13.1 Å². The molecule has 1 heterocycles. The fourth-order valence-corrected chi connectivity index (χ4v) is 4.73. The Labute approximate surface area is 164 Å². The maximum Gasteiger partial charge on any atom is 0.265 e. The third-order valence-electron chi connectivity index (χ3n) is 3.86. The fraction of sp³-hybridized carbons (Fsp3) is 0.444. The van der Waals surface area contributed by atoms with Crippen LogP contribution in [0.25, 0.3) is 0 Å². The maximum atomic E-state index is 12.8. The lowest BCUT2D eigenvalue weighted by Gasteiger charge is -2.20. The number of aryl methyl sites for hydroxylation is 1. The van der Waals surface area contributed by atoms with Crippen LogP contribution in [0.2, 0.25) is 0 Å². The summed E-state index contributed by atoms with van der Waals surface area (Å²) in [6.45, 7) is 7.08. The molecule has 2 rings (SSSR count). The first-order valence-electron chi connectivity index (χ1n) is 8.76. The Balaban J connectivity index is 2.23. The molecule has 0 aliphatic rings. The Morgan fingerprint density at radius 3 is 2.30 bits per heavy atom. The Morgan fingerprint density at radius 1 is 1.19 bits per heavy atom. The quantitative estimate of drug-likeness (QED) is 0.682. The number of amides is 1. The van der Waals surface area contributed by atoms with Crippen LogP contribution in [0.3, 0.4) is 0 Å². The summed E-state index contributed by atoms with van der Waals surface area (Å²) in [5.41, 5.74) is 0.523. The van der Waals surface area contributed by atoms with Crippen LogP contribution < -0.4 is 9.46 Å². The lowest BCUT2D eigenvalue weighted by atomic mass is 10.3. The molecule has 0 saturated heterocycles. The number of methoxy groups -OCH3 is 1. The van der Waals surface area contributed by atoms with E-state index in [1.165, 1.54) is 19.2 Å². The summed E-state index contributed by atoms with van der Waals surface area (Å²) in [6.07, 6.45) is 1.72. The van der Waals surface area contributed by atoms with Gasteiger partial charge >= 0.3 is 0 Å². The minimum atomic E-state index is -3.79. The summed E-state index contributed by atoms with van der Waals surface area (Å²) < 4.78 is 32.6. The zero-order valence-corrected chi connectivity index (χ0v) is 17.6. The second-order valence-electron chi connectivity index (χ2n) is 6.01. The number of carbonyl (C=O) groups excluding carboxylic acids is 1. The molecule has 0 atom stereocenters. The average molecular weight is 412 g/mol. The molecule has 0 aliphatic carbocycles.